The normalized spacial score (nSPS) is 13.6. The number of hydrogen-bond acceptors (Lipinski definition) is 0. The van der Waals surface area contributed by atoms with Crippen molar-refractivity contribution in [2.75, 3.05) is 0 Å². The predicted octanol–water partition coefficient (Wildman–Crippen LogP) is 12.4. The van der Waals surface area contributed by atoms with Crippen LogP contribution in [-0.2, 0) is 11.8 Å². The van der Waals surface area contributed by atoms with E-state index in [4.69, 9.17) is 0 Å². The molecule has 2 aromatic rings. The molecule has 0 nitrogen and oxygen atoms in total. The fourth-order valence-corrected chi connectivity index (χ4v) is 6.85. The van der Waals surface area contributed by atoms with Crippen molar-refractivity contribution in [1.29, 1.82) is 0 Å². The highest BCUT2D eigenvalue weighted by atomic mass is 14.4. The number of benzene rings is 2. The summed E-state index contributed by atoms with van der Waals surface area (Å²) in [6, 6.07) is 17.1. The monoisotopic (exact) mass is 502 g/mol. The van der Waals surface area contributed by atoms with Crippen molar-refractivity contribution >= 4 is 0 Å². The minimum Gasteiger partial charge on any atom is -0.0654 e. The number of rotatable bonds is 21. The summed E-state index contributed by atoms with van der Waals surface area (Å²) in [6.45, 7) is 6.96. The average molecular weight is 503 g/mol. The van der Waals surface area contributed by atoms with E-state index in [2.05, 4.69) is 63.2 Å². The molecule has 1 aliphatic carbocycles. The molecule has 0 unspecified atom stereocenters. The third-order valence-corrected chi connectivity index (χ3v) is 9.07. The van der Waals surface area contributed by atoms with Crippen LogP contribution in [0.4, 0.5) is 0 Å². The van der Waals surface area contributed by atoms with Gasteiger partial charge in [-0.25, -0.2) is 0 Å². The van der Waals surface area contributed by atoms with Gasteiger partial charge in [-0.2, -0.15) is 0 Å². The predicted molar refractivity (Wildman–Crippen MR) is 166 cm³/mol. The van der Waals surface area contributed by atoms with Crippen molar-refractivity contribution in [2.24, 2.45) is 0 Å². The zero-order valence-electron chi connectivity index (χ0n) is 24.9. The van der Waals surface area contributed by atoms with Crippen molar-refractivity contribution in [2.45, 2.75) is 161 Å². The van der Waals surface area contributed by atoms with Crippen LogP contribution < -0.4 is 0 Å². The number of fused-ring (bicyclic) bond motifs is 3. The molecule has 0 spiro atoms. The summed E-state index contributed by atoms with van der Waals surface area (Å²) in [7, 11) is 0. The lowest BCUT2D eigenvalue weighted by Gasteiger charge is -2.33. The second-order valence-electron chi connectivity index (χ2n) is 12.1. The smallest absolute Gasteiger partial charge is 0.0215 e. The van der Waals surface area contributed by atoms with E-state index in [0.717, 1.165) is 0 Å². The third-order valence-electron chi connectivity index (χ3n) is 9.07. The van der Waals surface area contributed by atoms with Crippen molar-refractivity contribution in [3.63, 3.8) is 0 Å². The van der Waals surface area contributed by atoms with Gasteiger partial charge >= 0.3 is 0 Å². The summed E-state index contributed by atoms with van der Waals surface area (Å²) in [6.07, 6.45) is 28.9. The molecule has 0 amide bonds. The van der Waals surface area contributed by atoms with E-state index in [0.29, 0.717) is 0 Å². The van der Waals surface area contributed by atoms with Crippen LogP contribution in [-0.4, -0.2) is 0 Å². The lowest BCUT2D eigenvalue weighted by atomic mass is 9.70. The van der Waals surface area contributed by atoms with Crippen LogP contribution in [0.15, 0.2) is 42.5 Å². The molecule has 0 saturated carbocycles. The molecule has 0 bridgehead atoms. The van der Waals surface area contributed by atoms with Crippen molar-refractivity contribution in [3.05, 3.63) is 59.2 Å². The summed E-state index contributed by atoms with van der Waals surface area (Å²) < 4.78 is 0. The Balaban J connectivity index is 1.78. The van der Waals surface area contributed by atoms with Gasteiger partial charge in [-0.15, -0.1) is 0 Å². The maximum absolute atomic E-state index is 2.66. The molecule has 0 heteroatoms. The van der Waals surface area contributed by atoms with Crippen LogP contribution in [0.2, 0.25) is 0 Å². The average Bonchev–Trinajstić information content (AvgIpc) is 3.19. The third kappa shape index (κ3) is 8.73. The Hall–Kier alpha value is -1.56. The first kappa shape index (κ1) is 30.0. The minimum absolute atomic E-state index is 0.235. The molecule has 0 radical (unpaired) electrons. The molecule has 0 N–H and O–H groups in total. The van der Waals surface area contributed by atoms with E-state index in [-0.39, 0.29) is 5.41 Å². The van der Waals surface area contributed by atoms with E-state index in [1.54, 1.807) is 22.3 Å². The zero-order valence-corrected chi connectivity index (χ0v) is 24.9. The number of hydrogen-bond donors (Lipinski definition) is 0. The summed E-state index contributed by atoms with van der Waals surface area (Å²) in [4.78, 5) is 0. The standard InChI is InChI=1S/C37H58/c1-4-7-10-13-16-19-24-32-27-28-34-33-25-20-21-26-35(33)37(36(34)31-32,29-22-17-14-11-8-5-2)30-23-18-15-12-9-6-3/h20-21,25-28,31H,4-19,22-24,29-30H2,1-3H3. The van der Waals surface area contributed by atoms with Crippen molar-refractivity contribution in [3.8, 4) is 11.1 Å². The molecule has 1 aliphatic rings. The van der Waals surface area contributed by atoms with Crippen molar-refractivity contribution < 1.29 is 0 Å². The van der Waals surface area contributed by atoms with E-state index in [1.165, 1.54) is 140 Å². The molecule has 2 aromatic carbocycles. The molecule has 0 fully saturated rings. The quantitative estimate of drug-likeness (QED) is 0.149. The highest BCUT2D eigenvalue weighted by molar-refractivity contribution is 5.81. The Morgan fingerprint density at radius 2 is 0.946 bits per heavy atom. The first-order valence-electron chi connectivity index (χ1n) is 16.5. The summed E-state index contributed by atoms with van der Waals surface area (Å²) in [5.41, 5.74) is 8.21. The number of aryl methyl sites for hydroxylation is 1. The lowest BCUT2D eigenvalue weighted by molar-refractivity contribution is 0.397. The highest BCUT2D eigenvalue weighted by Crippen LogP contribution is 2.54. The molecule has 0 saturated heterocycles. The Bertz CT molecular complexity index is 859. The SMILES string of the molecule is CCCCCCCCc1ccc2c(c1)C(CCCCCCCC)(CCCCCCCC)c1ccccc1-2. The van der Waals surface area contributed by atoms with E-state index in [9.17, 15) is 0 Å². The maximum Gasteiger partial charge on any atom is 0.0215 e. The molecule has 3 rings (SSSR count). The first-order valence-corrected chi connectivity index (χ1v) is 16.5. The molecule has 206 valence electrons. The van der Waals surface area contributed by atoms with Gasteiger partial charge in [0.2, 0.25) is 0 Å². The van der Waals surface area contributed by atoms with E-state index < -0.39 is 0 Å². The Kier molecular flexibility index (Phi) is 13.9. The van der Waals surface area contributed by atoms with Gasteiger partial charge in [0.25, 0.3) is 0 Å². The summed E-state index contributed by atoms with van der Waals surface area (Å²) >= 11 is 0. The second kappa shape index (κ2) is 17.1. The summed E-state index contributed by atoms with van der Waals surface area (Å²) in [5.74, 6) is 0. The molecule has 0 aromatic heterocycles. The fraction of sp³-hybridized carbons (Fsp3) is 0.676. The minimum atomic E-state index is 0.235. The Morgan fingerprint density at radius 3 is 1.54 bits per heavy atom. The van der Waals surface area contributed by atoms with E-state index >= 15 is 0 Å². The van der Waals surface area contributed by atoms with Gasteiger partial charge < -0.3 is 0 Å². The molecule has 0 atom stereocenters. The van der Waals surface area contributed by atoms with Crippen LogP contribution in [0.5, 0.6) is 0 Å². The van der Waals surface area contributed by atoms with Crippen LogP contribution >= 0.6 is 0 Å². The van der Waals surface area contributed by atoms with Gasteiger partial charge in [-0.05, 0) is 53.5 Å². The maximum atomic E-state index is 2.66. The second-order valence-corrected chi connectivity index (χ2v) is 12.1. The Morgan fingerprint density at radius 1 is 0.459 bits per heavy atom. The topological polar surface area (TPSA) is 0 Å². The number of unbranched alkanes of at least 4 members (excludes halogenated alkanes) is 15. The zero-order chi connectivity index (χ0) is 26.2. The highest BCUT2D eigenvalue weighted by Gasteiger charge is 2.42. The molecular formula is C37H58. The Labute approximate surface area is 231 Å². The van der Waals surface area contributed by atoms with Crippen LogP contribution in [0.3, 0.4) is 0 Å². The van der Waals surface area contributed by atoms with Crippen LogP contribution in [0.1, 0.15) is 166 Å². The van der Waals surface area contributed by atoms with Crippen molar-refractivity contribution in [1.82, 2.24) is 0 Å². The van der Waals surface area contributed by atoms with Gasteiger partial charge in [0.15, 0.2) is 0 Å². The largest absolute Gasteiger partial charge is 0.0654 e. The van der Waals surface area contributed by atoms with E-state index in [1.807, 2.05) is 0 Å². The van der Waals surface area contributed by atoms with Crippen LogP contribution in [0, 0.1) is 0 Å². The van der Waals surface area contributed by atoms with Gasteiger partial charge in [0.05, 0.1) is 0 Å². The van der Waals surface area contributed by atoms with Crippen LogP contribution in [0.25, 0.3) is 11.1 Å². The molecule has 37 heavy (non-hydrogen) atoms. The summed E-state index contributed by atoms with van der Waals surface area (Å²) in [5, 5.41) is 0. The lowest BCUT2D eigenvalue weighted by Crippen LogP contribution is -2.25. The van der Waals surface area contributed by atoms with Gasteiger partial charge in [0, 0.05) is 5.41 Å². The molecular weight excluding hydrogens is 444 g/mol. The fourth-order valence-electron chi connectivity index (χ4n) is 6.85. The molecule has 0 heterocycles. The van der Waals surface area contributed by atoms with Gasteiger partial charge in [-0.1, -0.05) is 172 Å². The van der Waals surface area contributed by atoms with Gasteiger partial charge in [-0.3, -0.25) is 0 Å². The first-order chi connectivity index (χ1) is 18.3. The molecule has 0 aliphatic heterocycles. The van der Waals surface area contributed by atoms with Gasteiger partial charge in [0.1, 0.15) is 0 Å².